The van der Waals surface area contributed by atoms with E-state index in [0.29, 0.717) is 5.92 Å². The van der Waals surface area contributed by atoms with Crippen molar-refractivity contribution in [2.75, 3.05) is 26.9 Å². The zero-order valence-corrected chi connectivity index (χ0v) is 11.7. The molecule has 18 heavy (non-hydrogen) atoms. The molecule has 0 unspecified atom stereocenters. The van der Waals surface area contributed by atoms with Gasteiger partial charge in [0.25, 0.3) is 0 Å². The Balaban J connectivity index is 2.06. The maximum atomic E-state index is 5.52. The summed E-state index contributed by atoms with van der Waals surface area (Å²) in [6.07, 6.45) is 1.05. The molecule has 0 spiro atoms. The van der Waals surface area contributed by atoms with Gasteiger partial charge in [-0.15, -0.1) is 0 Å². The molecule has 3 nitrogen and oxygen atoms in total. The third-order valence-electron chi connectivity index (χ3n) is 2.56. The maximum absolute atomic E-state index is 5.52. The fourth-order valence-corrected chi connectivity index (χ4v) is 1.63. The minimum Gasteiger partial charge on any atom is -0.497 e. The van der Waals surface area contributed by atoms with Crippen LogP contribution in [0, 0.1) is 5.92 Å². The molecule has 0 aromatic heterocycles. The third kappa shape index (κ3) is 6.62. The lowest BCUT2D eigenvalue weighted by molar-refractivity contribution is 0.108. The van der Waals surface area contributed by atoms with E-state index >= 15 is 0 Å². The van der Waals surface area contributed by atoms with Crippen LogP contribution in [-0.2, 0) is 11.3 Å². The van der Waals surface area contributed by atoms with E-state index in [2.05, 4.69) is 31.3 Å². The van der Waals surface area contributed by atoms with Gasteiger partial charge in [0.2, 0.25) is 0 Å². The molecular formula is C15H25NO2. The second-order valence-electron chi connectivity index (χ2n) is 4.85. The summed E-state index contributed by atoms with van der Waals surface area (Å²) in [6, 6.07) is 8.14. The van der Waals surface area contributed by atoms with Crippen LogP contribution in [0.2, 0.25) is 0 Å². The molecule has 3 heteroatoms. The Morgan fingerprint density at radius 3 is 2.83 bits per heavy atom. The van der Waals surface area contributed by atoms with Crippen LogP contribution in [-0.4, -0.2) is 26.9 Å². The van der Waals surface area contributed by atoms with Crippen LogP contribution in [0.3, 0.4) is 0 Å². The van der Waals surface area contributed by atoms with Crippen molar-refractivity contribution in [1.29, 1.82) is 0 Å². The van der Waals surface area contributed by atoms with Gasteiger partial charge in [-0.25, -0.2) is 0 Å². The first-order chi connectivity index (χ1) is 8.72. The van der Waals surface area contributed by atoms with Crippen molar-refractivity contribution < 1.29 is 9.47 Å². The Kier molecular flexibility index (Phi) is 7.46. The number of ether oxygens (including phenoxy) is 2. The van der Waals surface area contributed by atoms with Crippen molar-refractivity contribution in [2.24, 2.45) is 5.92 Å². The average molecular weight is 251 g/mol. The van der Waals surface area contributed by atoms with E-state index in [4.69, 9.17) is 9.47 Å². The lowest BCUT2D eigenvalue weighted by Gasteiger charge is -2.08. The lowest BCUT2D eigenvalue weighted by Crippen LogP contribution is -2.17. The van der Waals surface area contributed by atoms with Gasteiger partial charge in [-0.3, -0.25) is 0 Å². The summed E-state index contributed by atoms with van der Waals surface area (Å²) in [4.78, 5) is 0. The van der Waals surface area contributed by atoms with Crippen molar-refractivity contribution in [2.45, 2.75) is 26.8 Å². The lowest BCUT2D eigenvalue weighted by atomic mass is 10.2. The molecule has 0 saturated carbocycles. The second kappa shape index (κ2) is 8.95. The van der Waals surface area contributed by atoms with E-state index in [1.165, 1.54) is 5.56 Å². The normalized spacial score (nSPS) is 10.9. The van der Waals surface area contributed by atoms with Gasteiger partial charge in [-0.1, -0.05) is 26.0 Å². The zero-order valence-electron chi connectivity index (χ0n) is 11.7. The smallest absolute Gasteiger partial charge is 0.119 e. The molecule has 1 aromatic carbocycles. The van der Waals surface area contributed by atoms with Crippen LogP contribution in [0.25, 0.3) is 0 Å². The zero-order chi connectivity index (χ0) is 13.2. The van der Waals surface area contributed by atoms with Crippen LogP contribution in [0.5, 0.6) is 5.75 Å². The van der Waals surface area contributed by atoms with Gasteiger partial charge in [0.1, 0.15) is 5.75 Å². The van der Waals surface area contributed by atoms with E-state index in [-0.39, 0.29) is 0 Å². The van der Waals surface area contributed by atoms with E-state index in [1.54, 1.807) is 7.11 Å². The number of nitrogens with one attached hydrogen (secondary N) is 1. The number of benzene rings is 1. The summed E-state index contributed by atoms with van der Waals surface area (Å²) in [7, 11) is 1.69. The van der Waals surface area contributed by atoms with Crippen molar-refractivity contribution in [3.63, 3.8) is 0 Å². The number of hydrogen-bond donors (Lipinski definition) is 1. The molecule has 1 aromatic rings. The van der Waals surface area contributed by atoms with Crippen LogP contribution >= 0.6 is 0 Å². The first kappa shape index (κ1) is 15.0. The van der Waals surface area contributed by atoms with Crippen LogP contribution in [0.4, 0.5) is 0 Å². The molecule has 1 N–H and O–H groups in total. The summed E-state index contributed by atoms with van der Waals surface area (Å²) in [5.74, 6) is 1.53. The Morgan fingerprint density at radius 1 is 1.28 bits per heavy atom. The Bertz CT molecular complexity index is 326. The minimum absolute atomic E-state index is 0.620. The SMILES string of the molecule is COc1cccc(CNCCCOCC(C)C)c1. The van der Waals surface area contributed by atoms with Crippen molar-refractivity contribution >= 4 is 0 Å². The van der Waals surface area contributed by atoms with Gasteiger partial charge in [0, 0.05) is 19.8 Å². The fraction of sp³-hybridized carbons (Fsp3) is 0.600. The molecule has 0 radical (unpaired) electrons. The molecule has 0 fully saturated rings. The topological polar surface area (TPSA) is 30.5 Å². The predicted octanol–water partition coefficient (Wildman–Crippen LogP) is 2.85. The standard InChI is InChI=1S/C15H25NO2/c1-13(2)12-18-9-5-8-16-11-14-6-4-7-15(10-14)17-3/h4,6-7,10,13,16H,5,8-9,11-12H2,1-3H3. The number of methoxy groups -OCH3 is 1. The Labute approximate surface area is 110 Å². The molecule has 0 amide bonds. The van der Waals surface area contributed by atoms with E-state index in [1.807, 2.05) is 12.1 Å². The summed E-state index contributed by atoms with van der Waals surface area (Å²) in [5.41, 5.74) is 1.25. The van der Waals surface area contributed by atoms with Gasteiger partial charge in [-0.05, 0) is 36.6 Å². The highest BCUT2D eigenvalue weighted by atomic mass is 16.5. The summed E-state index contributed by atoms with van der Waals surface area (Å²) >= 11 is 0. The van der Waals surface area contributed by atoms with Gasteiger partial charge in [-0.2, -0.15) is 0 Å². The monoisotopic (exact) mass is 251 g/mol. The minimum atomic E-state index is 0.620. The highest BCUT2D eigenvalue weighted by Gasteiger charge is 1.96. The highest BCUT2D eigenvalue weighted by Crippen LogP contribution is 2.11. The molecule has 0 bridgehead atoms. The third-order valence-corrected chi connectivity index (χ3v) is 2.56. The molecule has 0 aliphatic carbocycles. The van der Waals surface area contributed by atoms with E-state index in [9.17, 15) is 0 Å². The van der Waals surface area contributed by atoms with Gasteiger partial charge in [0.15, 0.2) is 0 Å². The molecule has 0 heterocycles. The van der Waals surface area contributed by atoms with Crippen LogP contribution in [0.1, 0.15) is 25.8 Å². The molecule has 0 saturated heterocycles. The van der Waals surface area contributed by atoms with Crippen molar-refractivity contribution in [3.05, 3.63) is 29.8 Å². The average Bonchev–Trinajstić information content (AvgIpc) is 2.37. The first-order valence-electron chi connectivity index (χ1n) is 6.63. The van der Waals surface area contributed by atoms with Crippen LogP contribution < -0.4 is 10.1 Å². The summed E-state index contributed by atoms with van der Waals surface area (Å²) in [5, 5.41) is 3.41. The van der Waals surface area contributed by atoms with Crippen molar-refractivity contribution in [1.82, 2.24) is 5.32 Å². The highest BCUT2D eigenvalue weighted by molar-refractivity contribution is 5.28. The second-order valence-corrected chi connectivity index (χ2v) is 4.85. The van der Waals surface area contributed by atoms with E-state index in [0.717, 1.165) is 38.5 Å². The quantitative estimate of drug-likeness (QED) is 0.685. The molecular weight excluding hydrogens is 226 g/mol. The predicted molar refractivity (Wildman–Crippen MR) is 75.0 cm³/mol. The summed E-state index contributed by atoms with van der Waals surface area (Å²) < 4.78 is 10.7. The molecule has 0 atom stereocenters. The van der Waals surface area contributed by atoms with Crippen molar-refractivity contribution in [3.8, 4) is 5.75 Å². The van der Waals surface area contributed by atoms with Gasteiger partial charge in [0.05, 0.1) is 7.11 Å². The van der Waals surface area contributed by atoms with Crippen LogP contribution in [0.15, 0.2) is 24.3 Å². The Morgan fingerprint density at radius 2 is 2.11 bits per heavy atom. The largest absolute Gasteiger partial charge is 0.497 e. The fourth-order valence-electron chi connectivity index (χ4n) is 1.63. The number of hydrogen-bond acceptors (Lipinski definition) is 3. The molecule has 1 rings (SSSR count). The molecule has 102 valence electrons. The van der Waals surface area contributed by atoms with Gasteiger partial charge >= 0.3 is 0 Å². The van der Waals surface area contributed by atoms with Gasteiger partial charge < -0.3 is 14.8 Å². The summed E-state index contributed by atoms with van der Waals surface area (Å²) in [6.45, 7) is 7.89. The maximum Gasteiger partial charge on any atom is 0.119 e. The number of rotatable bonds is 9. The Hall–Kier alpha value is -1.06. The molecule has 0 aliphatic heterocycles. The van der Waals surface area contributed by atoms with E-state index < -0.39 is 0 Å². The molecule has 0 aliphatic rings. The first-order valence-corrected chi connectivity index (χ1v) is 6.63.